The second kappa shape index (κ2) is 5.65. The molecule has 0 saturated carbocycles. The van der Waals surface area contributed by atoms with Gasteiger partial charge >= 0.3 is 0 Å². The predicted octanol–water partition coefficient (Wildman–Crippen LogP) is 1.92. The molecule has 0 fully saturated rings. The van der Waals surface area contributed by atoms with Crippen molar-refractivity contribution >= 4 is 49.1 Å². The van der Waals surface area contributed by atoms with Crippen molar-refractivity contribution in [2.75, 3.05) is 0 Å². The Labute approximate surface area is 125 Å². The molecule has 2 aromatic rings. The molecule has 1 amide bonds. The summed E-state index contributed by atoms with van der Waals surface area (Å²) < 4.78 is 24.8. The molecule has 0 aliphatic carbocycles. The Bertz CT molecular complexity index is 755. The molecule has 0 unspecified atom stereocenters. The topological polar surface area (TPSA) is 88.2 Å². The molecule has 0 radical (unpaired) electrons. The molecule has 0 aliphatic rings. The van der Waals surface area contributed by atoms with E-state index in [0.29, 0.717) is 15.4 Å². The summed E-state index contributed by atoms with van der Waals surface area (Å²) in [6, 6.07) is 4.70. The van der Waals surface area contributed by atoms with E-state index in [4.69, 9.17) is 11.6 Å². The summed E-state index contributed by atoms with van der Waals surface area (Å²) in [5.41, 5.74) is 2.66. The molecular formula is C11H12ClN3O3S2. The maximum atomic E-state index is 12.0. The highest BCUT2D eigenvalue weighted by Gasteiger charge is 2.19. The number of thiophene rings is 1. The van der Waals surface area contributed by atoms with Crippen molar-refractivity contribution in [3.8, 4) is 0 Å². The van der Waals surface area contributed by atoms with Gasteiger partial charge in [0.15, 0.2) is 0 Å². The molecule has 0 aliphatic heterocycles. The van der Waals surface area contributed by atoms with E-state index in [9.17, 15) is 13.2 Å². The molecule has 108 valence electrons. The highest BCUT2D eigenvalue weighted by molar-refractivity contribution is 7.91. The van der Waals surface area contributed by atoms with Crippen LogP contribution in [0, 0.1) is 5.92 Å². The molecule has 9 heteroatoms. The number of hydrogen-bond acceptors (Lipinski definition) is 5. The van der Waals surface area contributed by atoms with Crippen molar-refractivity contribution in [1.29, 1.82) is 0 Å². The number of carbonyl (C=O) groups excluding carboxylic acids is 1. The van der Waals surface area contributed by atoms with E-state index in [1.165, 1.54) is 6.07 Å². The van der Waals surface area contributed by atoms with Gasteiger partial charge in [-0.3, -0.25) is 10.2 Å². The van der Waals surface area contributed by atoms with E-state index in [0.717, 1.165) is 11.3 Å². The number of pyridine rings is 1. The second-order valence-corrected chi connectivity index (χ2v) is 7.71. The van der Waals surface area contributed by atoms with Crippen LogP contribution in [0.2, 0.25) is 5.15 Å². The Morgan fingerprint density at radius 1 is 1.40 bits per heavy atom. The van der Waals surface area contributed by atoms with E-state index in [1.807, 2.05) is 0 Å². The maximum absolute atomic E-state index is 12.0. The third-order valence-corrected chi connectivity index (χ3v) is 5.44. The number of hydrazine groups is 1. The Hall–Kier alpha value is -1.22. The number of hydrogen-bond donors (Lipinski definition) is 2. The fourth-order valence-electron chi connectivity index (χ4n) is 1.32. The molecule has 0 aromatic carbocycles. The molecule has 2 rings (SSSR count). The van der Waals surface area contributed by atoms with Crippen LogP contribution in [-0.4, -0.2) is 19.3 Å². The van der Waals surface area contributed by atoms with Gasteiger partial charge in [0.2, 0.25) is 5.91 Å². The van der Waals surface area contributed by atoms with Gasteiger partial charge in [0.1, 0.15) is 9.36 Å². The fraction of sp³-hybridized carbons (Fsp3) is 0.273. The molecular weight excluding hydrogens is 322 g/mol. The first kappa shape index (κ1) is 15.2. The Morgan fingerprint density at radius 3 is 2.75 bits per heavy atom. The number of carbonyl (C=O) groups is 1. The number of halogens is 1. The number of amides is 1. The van der Waals surface area contributed by atoms with Crippen molar-refractivity contribution < 1.29 is 13.2 Å². The first-order valence-corrected chi connectivity index (χ1v) is 8.35. The lowest BCUT2D eigenvalue weighted by Crippen LogP contribution is -2.43. The zero-order valence-corrected chi connectivity index (χ0v) is 13.1. The van der Waals surface area contributed by atoms with Crippen LogP contribution in [0.25, 0.3) is 10.2 Å². The lowest BCUT2D eigenvalue weighted by molar-refractivity contribution is -0.124. The Morgan fingerprint density at radius 2 is 2.10 bits per heavy atom. The van der Waals surface area contributed by atoms with Gasteiger partial charge in [-0.1, -0.05) is 25.4 Å². The van der Waals surface area contributed by atoms with Crippen LogP contribution in [-0.2, 0) is 14.8 Å². The van der Waals surface area contributed by atoms with Gasteiger partial charge in [-0.05, 0) is 18.2 Å². The number of fused-ring (bicyclic) bond motifs is 1. The van der Waals surface area contributed by atoms with Crippen LogP contribution < -0.4 is 10.3 Å². The molecule has 6 nitrogen and oxygen atoms in total. The number of nitrogens with zero attached hydrogens (tertiary/aromatic N) is 1. The van der Waals surface area contributed by atoms with Crippen LogP contribution in [0.5, 0.6) is 0 Å². The summed E-state index contributed by atoms with van der Waals surface area (Å²) in [4.78, 5) is 17.5. The van der Waals surface area contributed by atoms with Crippen LogP contribution in [0.15, 0.2) is 22.4 Å². The van der Waals surface area contributed by atoms with Crippen molar-refractivity contribution in [3.05, 3.63) is 23.4 Å². The number of aromatic nitrogens is 1. The number of rotatable bonds is 4. The predicted molar refractivity (Wildman–Crippen MR) is 77.9 cm³/mol. The van der Waals surface area contributed by atoms with Gasteiger partial charge in [-0.25, -0.2) is 13.4 Å². The molecule has 20 heavy (non-hydrogen) atoms. The largest absolute Gasteiger partial charge is 0.277 e. The minimum Gasteiger partial charge on any atom is -0.277 e. The molecule has 0 spiro atoms. The lowest BCUT2D eigenvalue weighted by atomic mass is 10.2. The van der Waals surface area contributed by atoms with Gasteiger partial charge in [0.25, 0.3) is 10.0 Å². The minimum atomic E-state index is -3.81. The van der Waals surface area contributed by atoms with Crippen molar-refractivity contribution in [1.82, 2.24) is 15.2 Å². The summed E-state index contributed by atoms with van der Waals surface area (Å²) in [7, 11) is -3.81. The average Bonchev–Trinajstić information content (AvgIpc) is 2.79. The fourth-order valence-corrected chi connectivity index (χ4v) is 3.64. The average molecular weight is 334 g/mol. The minimum absolute atomic E-state index is 0.0614. The van der Waals surface area contributed by atoms with E-state index < -0.39 is 15.9 Å². The van der Waals surface area contributed by atoms with Crippen LogP contribution in [0.3, 0.4) is 0 Å². The van der Waals surface area contributed by atoms with E-state index in [2.05, 4.69) is 15.2 Å². The van der Waals surface area contributed by atoms with E-state index in [-0.39, 0.29) is 10.1 Å². The Balaban J connectivity index is 2.25. The lowest BCUT2D eigenvalue weighted by Gasteiger charge is -2.08. The van der Waals surface area contributed by atoms with Crippen LogP contribution in [0.4, 0.5) is 0 Å². The van der Waals surface area contributed by atoms with Gasteiger partial charge in [-0.2, -0.15) is 0 Å². The maximum Gasteiger partial charge on any atom is 0.266 e. The summed E-state index contributed by atoms with van der Waals surface area (Å²) in [6.07, 6.45) is 0. The molecule has 0 bridgehead atoms. The third-order valence-electron chi connectivity index (χ3n) is 2.41. The van der Waals surface area contributed by atoms with Crippen molar-refractivity contribution in [3.63, 3.8) is 0 Å². The van der Waals surface area contributed by atoms with E-state index >= 15 is 0 Å². The van der Waals surface area contributed by atoms with Crippen LogP contribution in [0.1, 0.15) is 13.8 Å². The molecule has 0 atom stereocenters. The summed E-state index contributed by atoms with van der Waals surface area (Å²) in [5, 5.41) is 0.292. The normalized spacial score (nSPS) is 12.0. The highest BCUT2D eigenvalue weighted by atomic mass is 35.5. The first-order valence-electron chi connectivity index (χ1n) is 5.67. The van der Waals surface area contributed by atoms with Crippen LogP contribution >= 0.6 is 22.9 Å². The van der Waals surface area contributed by atoms with Gasteiger partial charge in [0.05, 0.1) is 10.2 Å². The summed E-state index contributed by atoms with van der Waals surface area (Å²) >= 11 is 6.80. The quantitative estimate of drug-likeness (QED) is 0.661. The zero-order chi connectivity index (χ0) is 14.9. The summed E-state index contributed by atoms with van der Waals surface area (Å²) in [5.74, 6) is -0.726. The first-order chi connectivity index (χ1) is 9.29. The summed E-state index contributed by atoms with van der Waals surface area (Å²) in [6.45, 7) is 3.32. The van der Waals surface area contributed by atoms with Crippen molar-refractivity contribution in [2.24, 2.45) is 5.92 Å². The monoisotopic (exact) mass is 333 g/mol. The van der Waals surface area contributed by atoms with Gasteiger partial charge in [-0.15, -0.1) is 16.2 Å². The number of nitrogens with one attached hydrogen (secondary N) is 2. The number of sulfonamides is 1. The Kier molecular flexibility index (Phi) is 4.28. The molecule has 2 heterocycles. The van der Waals surface area contributed by atoms with Gasteiger partial charge < -0.3 is 0 Å². The van der Waals surface area contributed by atoms with Gasteiger partial charge in [0, 0.05) is 5.92 Å². The zero-order valence-electron chi connectivity index (χ0n) is 10.7. The smallest absolute Gasteiger partial charge is 0.266 e. The third kappa shape index (κ3) is 3.26. The van der Waals surface area contributed by atoms with E-state index in [1.54, 1.807) is 26.0 Å². The SMILES string of the molecule is CC(C)C(=O)NNS(=O)(=O)c1cc2nc(Cl)ccc2s1. The highest BCUT2D eigenvalue weighted by Crippen LogP contribution is 2.28. The molecule has 2 aromatic heterocycles. The standard InChI is InChI=1S/C11H12ClN3O3S2/c1-6(2)11(16)14-15-20(17,18)10-5-7-8(19-10)3-4-9(12)13-7/h3-6,15H,1-2H3,(H,14,16). The van der Waals surface area contributed by atoms with Crippen molar-refractivity contribution in [2.45, 2.75) is 18.1 Å². The molecule has 2 N–H and O–H groups in total. The molecule has 0 saturated heterocycles. The second-order valence-electron chi connectivity index (χ2n) is 4.33.